The lowest BCUT2D eigenvalue weighted by Gasteiger charge is -2.57. The van der Waals surface area contributed by atoms with Crippen LogP contribution in [0, 0.1) is 11.3 Å². The van der Waals surface area contributed by atoms with Crippen LogP contribution >= 0.6 is 0 Å². The molecule has 0 aromatic heterocycles. The maximum absolute atomic E-state index is 6.14. The van der Waals surface area contributed by atoms with Gasteiger partial charge in [0.2, 0.25) is 0 Å². The summed E-state index contributed by atoms with van der Waals surface area (Å²) in [5.74, 6) is 1.59. The van der Waals surface area contributed by atoms with E-state index in [2.05, 4.69) is 26.1 Å². The van der Waals surface area contributed by atoms with Crippen LogP contribution in [0.5, 0.6) is 5.75 Å². The summed E-state index contributed by atoms with van der Waals surface area (Å²) in [5, 5.41) is 3.16. The van der Waals surface area contributed by atoms with Crippen LogP contribution in [-0.4, -0.2) is 32.3 Å². The third-order valence-corrected chi connectivity index (χ3v) is 5.32. The van der Waals surface area contributed by atoms with Gasteiger partial charge in [-0.2, -0.15) is 0 Å². The third-order valence-electron chi connectivity index (χ3n) is 5.32. The lowest BCUT2D eigenvalue weighted by molar-refractivity contribution is -0.156. The van der Waals surface area contributed by atoms with E-state index < -0.39 is 0 Å². The fourth-order valence-corrected chi connectivity index (χ4v) is 4.06. The molecule has 3 atom stereocenters. The topological polar surface area (TPSA) is 68.9 Å². The standard InChI is InChI=1S/C18H29N3O2/c1-6-18(7-2)15(12(3)16(18)23-5)21-17(19)20-13-9-8-10-14(11-13)22-4/h8-12,15-16H,6-7H2,1-5H3,(H3,19,20,21). The zero-order valence-electron chi connectivity index (χ0n) is 14.8. The number of hydrogen-bond acceptors (Lipinski definition) is 3. The molecule has 5 heteroatoms. The Morgan fingerprint density at radius 2 is 2.00 bits per heavy atom. The van der Waals surface area contributed by atoms with Crippen LogP contribution < -0.4 is 15.8 Å². The predicted octanol–water partition coefficient (Wildman–Crippen LogP) is 3.26. The van der Waals surface area contributed by atoms with Gasteiger partial charge in [-0.3, -0.25) is 0 Å². The summed E-state index contributed by atoms with van der Waals surface area (Å²) in [6.45, 7) is 6.59. The molecule has 1 fully saturated rings. The molecule has 0 amide bonds. The van der Waals surface area contributed by atoms with Crippen LogP contribution in [0.15, 0.2) is 29.3 Å². The van der Waals surface area contributed by atoms with E-state index in [4.69, 9.17) is 20.2 Å². The van der Waals surface area contributed by atoms with Crippen molar-refractivity contribution >= 4 is 11.6 Å². The molecule has 0 spiro atoms. The molecule has 2 rings (SSSR count). The van der Waals surface area contributed by atoms with Crippen molar-refractivity contribution in [2.75, 3.05) is 19.5 Å². The van der Waals surface area contributed by atoms with E-state index in [9.17, 15) is 0 Å². The van der Waals surface area contributed by atoms with Crippen molar-refractivity contribution < 1.29 is 9.47 Å². The number of ether oxygens (including phenoxy) is 2. The van der Waals surface area contributed by atoms with Gasteiger partial charge in [-0.1, -0.05) is 26.8 Å². The third kappa shape index (κ3) is 3.15. The number of methoxy groups -OCH3 is 2. The minimum atomic E-state index is 0.0782. The normalized spacial score (nSPS) is 26.5. The molecular weight excluding hydrogens is 290 g/mol. The van der Waals surface area contributed by atoms with Gasteiger partial charge in [0.1, 0.15) is 5.75 Å². The first-order chi connectivity index (χ1) is 11.0. The van der Waals surface area contributed by atoms with Crippen LogP contribution in [0.4, 0.5) is 5.69 Å². The van der Waals surface area contributed by atoms with Gasteiger partial charge < -0.3 is 20.5 Å². The van der Waals surface area contributed by atoms with Gasteiger partial charge in [-0.05, 0) is 25.0 Å². The molecule has 128 valence electrons. The van der Waals surface area contributed by atoms with Gasteiger partial charge in [0, 0.05) is 30.2 Å². The molecule has 3 N–H and O–H groups in total. The lowest BCUT2D eigenvalue weighted by atomic mass is 9.53. The van der Waals surface area contributed by atoms with Gasteiger partial charge >= 0.3 is 0 Å². The monoisotopic (exact) mass is 319 g/mol. The summed E-state index contributed by atoms with van der Waals surface area (Å²) in [5.41, 5.74) is 7.10. The molecule has 1 aromatic carbocycles. The molecule has 1 aromatic rings. The minimum Gasteiger partial charge on any atom is -0.497 e. The lowest BCUT2D eigenvalue weighted by Crippen LogP contribution is -2.63. The second-order valence-electron chi connectivity index (χ2n) is 6.27. The van der Waals surface area contributed by atoms with Crippen molar-refractivity contribution in [2.45, 2.75) is 45.8 Å². The highest BCUT2D eigenvalue weighted by atomic mass is 16.5. The first-order valence-corrected chi connectivity index (χ1v) is 8.29. The summed E-state index contributed by atoms with van der Waals surface area (Å²) in [4.78, 5) is 4.77. The van der Waals surface area contributed by atoms with E-state index in [-0.39, 0.29) is 17.6 Å². The number of aliphatic imine (C=N–C) groups is 1. The second kappa shape index (κ2) is 7.21. The molecule has 1 aliphatic carbocycles. The van der Waals surface area contributed by atoms with E-state index in [0.29, 0.717) is 11.9 Å². The van der Waals surface area contributed by atoms with Crippen LogP contribution in [0.25, 0.3) is 0 Å². The Morgan fingerprint density at radius 3 is 2.57 bits per heavy atom. The number of nitrogens with one attached hydrogen (secondary N) is 1. The molecular formula is C18H29N3O2. The van der Waals surface area contributed by atoms with Crippen molar-refractivity contribution in [1.29, 1.82) is 0 Å². The average molecular weight is 319 g/mol. The van der Waals surface area contributed by atoms with Crippen molar-refractivity contribution in [3.63, 3.8) is 0 Å². The van der Waals surface area contributed by atoms with Crippen LogP contribution in [0.3, 0.4) is 0 Å². The Bertz CT molecular complexity index is 555. The first-order valence-electron chi connectivity index (χ1n) is 8.29. The van der Waals surface area contributed by atoms with Crippen molar-refractivity contribution in [2.24, 2.45) is 22.1 Å². The van der Waals surface area contributed by atoms with E-state index in [0.717, 1.165) is 24.3 Å². The number of nitrogens with zero attached hydrogens (tertiary/aromatic N) is 1. The van der Waals surface area contributed by atoms with Crippen LogP contribution in [0.2, 0.25) is 0 Å². The molecule has 3 unspecified atom stereocenters. The summed E-state index contributed by atoms with van der Waals surface area (Å²) >= 11 is 0. The Kier molecular flexibility index (Phi) is 5.52. The molecule has 0 aliphatic heterocycles. The summed E-state index contributed by atoms with van der Waals surface area (Å²) < 4.78 is 10.9. The Hall–Kier alpha value is -1.75. The Labute approximate surface area is 139 Å². The second-order valence-corrected chi connectivity index (χ2v) is 6.27. The highest BCUT2D eigenvalue weighted by Crippen LogP contribution is 2.54. The zero-order valence-corrected chi connectivity index (χ0v) is 14.8. The molecule has 23 heavy (non-hydrogen) atoms. The van der Waals surface area contributed by atoms with Gasteiger partial charge in [0.25, 0.3) is 0 Å². The number of nitrogens with two attached hydrogens (primary N) is 1. The fourth-order valence-electron chi connectivity index (χ4n) is 4.06. The van der Waals surface area contributed by atoms with E-state index in [1.807, 2.05) is 24.3 Å². The van der Waals surface area contributed by atoms with Crippen LogP contribution in [-0.2, 0) is 4.74 Å². The predicted molar refractivity (Wildman–Crippen MR) is 95.0 cm³/mol. The number of anilines is 1. The molecule has 0 bridgehead atoms. The summed E-state index contributed by atoms with van der Waals surface area (Å²) in [6.07, 6.45) is 2.32. The maximum Gasteiger partial charge on any atom is 0.193 e. The Balaban J connectivity index is 2.16. The van der Waals surface area contributed by atoms with Gasteiger partial charge in [0.15, 0.2) is 5.96 Å². The molecule has 0 radical (unpaired) electrons. The van der Waals surface area contributed by atoms with Crippen LogP contribution in [0.1, 0.15) is 33.6 Å². The Morgan fingerprint density at radius 1 is 1.30 bits per heavy atom. The summed E-state index contributed by atoms with van der Waals surface area (Å²) in [7, 11) is 3.44. The molecule has 0 saturated heterocycles. The zero-order chi connectivity index (χ0) is 17.0. The van der Waals surface area contributed by atoms with Crippen molar-refractivity contribution in [3.05, 3.63) is 24.3 Å². The number of guanidine groups is 1. The largest absolute Gasteiger partial charge is 0.497 e. The highest BCUT2D eigenvalue weighted by molar-refractivity contribution is 5.92. The smallest absolute Gasteiger partial charge is 0.193 e. The maximum atomic E-state index is 6.14. The molecule has 1 aliphatic rings. The average Bonchev–Trinajstić information content (AvgIpc) is 2.57. The van der Waals surface area contributed by atoms with Crippen molar-refractivity contribution in [1.82, 2.24) is 0 Å². The number of benzene rings is 1. The van der Waals surface area contributed by atoms with E-state index >= 15 is 0 Å². The summed E-state index contributed by atoms with van der Waals surface area (Å²) in [6, 6.07) is 7.84. The molecule has 5 nitrogen and oxygen atoms in total. The highest BCUT2D eigenvalue weighted by Gasteiger charge is 2.58. The molecule has 1 saturated carbocycles. The SMILES string of the molecule is CCC1(CC)C(N=C(N)Nc2cccc(OC)c2)C(C)C1OC. The number of rotatable bonds is 6. The van der Waals surface area contributed by atoms with E-state index in [1.165, 1.54) is 0 Å². The minimum absolute atomic E-state index is 0.0782. The van der Waals surface area contributed by atoms with Crippen molar-refractivity contribution in [3.8, 4) is 5.75 Å². The van der Waals surface area contributed by atoms with E-state index in [1.54, 1.807) is 14.2 Å². The fraction of sp³-hybridized carbons (Fsp3) is 0.611. The number of hydrogen-bond donors (Lipinski definition) is 2. The van der Waals surface area contributed by atoms with Gasteiger partial charge in [0.05, 0.1) is 19.3 Å². The van der Waals surface area contributed by atoms with Gasteiger partial charge in [-0.25, -0.2) is 4.99 Å². The van der Waals surface area contributed by atoms with Gasteiger partial charge in [-0.15, -0.1) is 0 Å². The first kappa shape index (κ1) is 17.6. The quantitative estimate of drug-likeness (QED) is 0.624. The molecule has 0 heterocycles.